The van der Waals surface area contributed by atoms with Gasteiger partial charge in [0.15, 0.2) is 0 Å². The van der Waals surface area contributed by atoms with E-state index in [1.165, 1.54) is 19.6 Å². The van der Waals surface area contributed by atoms with Crippen molar-refractivity contribution in [2.45, 2.75) is 12.8 Å². The number of ether oxygens (including phenoxy) is 6. The van der Waals surface area contributed by atoms with Crippen LogP contribution in [-0.4, -0.2) is 213 Å². The van der Waals surface area contributed by atoms with Gasteiger partial charge in [-0.15, -0.1) is 0 Å². The first-order valence-electron chi connectivity index (χ1n) is 15.6. The molecule has 18 nitrogen and oxygen atoms in total. The lowest BCUT2D eigenvalue weighted by molar-refractivity contribution is -0.143. The molecular formula is C30H55N5O13. The summed E-state index contributed by atoms with van der Waals surface area (Å²) in [7, 11) is 9.57. The van der Waals surface area contributed by atoms with E-state index in [0.29, 0.717) is 26.0 Å². The van der Waals surface area contributed by atoms with E-state index in [-0.39, 0.29) is 115 Å². The van der Waals surface area contributed by atoms with Gasteiger partial charge in [-0.05, 0) is 6.42 Å². The summed E-state index contributed by atoms with van der Waals surface area (Å²) in [6.07, 6.45) is 1.04. The Morgan fingerprint density at radius 3 is 0.979 bits per heavy atom. The standard InChI is InChI=1S/C30H55N5O13/c1-31(25(36)8-7-14-43-6)9-15-44-20-26(37)32(2)10-16-45-21-27(38)33(3)11-17-46-22-28(39)34(4)12-18-47-23-29(40)35(5)13-19-48-24-30(41)42/h7-24H2,1-6H3,(H,41,42). The number of rotatable bonds is 29. The molecule has 1 N–H and O–H groups in total. The minimum atomic E-state index is -1.09. The maximum atomic E-state index is 12.3. The highest BCUT2D eigenvalue weighted by molar-refractivity contribution is 5.78. The fourth-order valence-electron chi connectivity index (χ4n) is 3.43. The smallest absolute Gasteiger partial charge is 0.329 e. The molecule has 0 aromatic heterocycles. The number of carboxylic acids is 1. The van der Waals surface area contributed by atoms with Crippen LogP contribution in [-0.2, 0) is 57.2 Å². The molecule has 0 unspecified atom stereocenters. The number of carbonyl (C=O) groups excluding carboxylic acids is 5. The molecule has 0 aliphatic heterocycles. The Morgan fingerprint density at radius 2 is 0.708 bits per heavy atom. The van der Waals surface area contributed by atoms with Gasteiger partial charge in [0, 0.05) is 88.1 Å². The summed E-state index contributed by atoms with van der Waals surface area (Å²) in [5.74, 6) is -2.24. The third-order valence-corrected chi connectivity index (χ3v) is 6.85. The van der Waals surface area contributed by atoms with Gasteiger partial charge < -0.3 is 58.0 Å². The molecule has 48 heavy (non-hydrogen) atoms. The highest BCUT2D eigenvalue weighted by atomic mass is 16.5. The van der Waals surface area contributed by atoms with Crippen molar-refractivity contribution in [2.24, 2.45) is 0 Å². The molecular weight excluding hydrogens is 638 g/mol. The van der Waals surface area contributed by atoms with Gasteiger partial charge >= 0.3 is 5.97 Å². The molecule has 0 radical (unpaired) electrons. The zero-order chi connectivity index (χ0) is 36.3. The highest BCUT2D eigenvalue weighted by Gasteiger charge is 2.14. The number of aliphatic carboxylic acids is 1. The number of nitrogens with zero attached hydrogens (tertiary/aromatic N) is 5. The summed E-state index contributed by atoms with van der Waals surface area (Å²) >= 11 is 0. The Morgan fingerprint density at radius 1 is 0.438 bits per heavy atom. The normalized spacial score (nSPS) is 10.8. The SMILES string of the molecule is COCCCC(=O)N(C)CCOCC(=O)N(C)CCOCC(=O)N(C)CCOCC(=O)N(C)CCOCC(=O)N(C)CCOCC(=O)O. The Hall–Kier alpha value is -3.42. The lowest BCUT2D eigenvalue weighted by atomic mass is 10.3. The highest BCUT2D eigenvalue weighted by Crippen LogP contribution is 1.97. The average Bonchev–Trinajstić information content (AvgIpc) is 3.05. The number of hydrogen-bond acceptors (Lipinski definition) is 12. The largest absolute Gasteiger partial charge is 0.480 e. The van der Waals surface area contributed by atoms with Crippen molar-refractivity contribution in [3.8, 4) is 0 Å². The van der Waals surface area contributed by atoms with Crippen molar-refractivity contribution in [1.29, 1.82) is 0 Å². The molecule has 0 aromatic carbocycles. The van der Waals surface area contributed by atoms with Crippen LogP contribution in [0.1, 0.15) is 12.8 Å². The lowest BCUT2D eigenvalue weighted by Crippen LogP contribution is -2.37. The number of amides is 5. The first-order valence-corrected chi connectivity index (χ1v) is 15.6. The average molecular weight is 694 g/mol. The first-order chi connectivity index (χ1) is 22.8. The van der Waals surface area contributed by atoms with Crippen molar-refractivity contribution in [3.63, 3.8) is 0 Å². The molecule has 0 aliphatic rings. The molecule has 0 heterocycles. The summed E-state index contributed by atoms with van der Waals surface area (Å²) in [5, 5.41) is 8.53. The summed E-state index contributed by atoms with van der Waals surface area (Å²) in [6.45, 7) is 1.44. The molecule has 0 fully saturated rings. The van der Waals surface area contributed by atoms with Crippen molar-refractivity contribution in [3.05, 3.63) is 0 Å². The fourth-order valence-corrected chi connectivity index (χ4v) is 3.43. The number of methoxy groups -OCH3 is 1. The number of likely N-dealkylation sites (N-methyl/N-ethyl adjacent to an activating group) is 5. The second kappa shape index (κ2) is 27.5. The van der Waals surface area contributed by atoms with E-state index in [2.05, 4.69) is 0 Å². The van der Waals surface area contributed by atoms with Gasteiger partial charge in [0.05, 0.1) is 33.0 Å². The van der Waals surface area contributed by atoms with Crippen molar-refractivity contribution in [1.82, 2.24) is 24.5 Å². The molecule has 5 amide bonds. The van der Waals surface area contributed by atoms with Crippen LogP contribution >= 0.6 is 0 Å². The fraction of sp³-hybridized carbons (Fsp3) is 0.800. The predicted molar refractivity (Wildman–Crippen MR) is 171 cm³/mol. The predicted octanol–water partition coefficient (Wildman–Crippen LogP) is -2.13. The van der Waals surface area contributed by atoms with Gasteiger partial charge in [-0.2, -0.15) is 0 Å². The van der Waals surface area contributed by atoms with Crippen LogP contribution in [0.5, 0.6) is 0 Å². The number of carbonyl (C=O) groups is 6. The number of hydrogen-bond donors (Lipinski definition) is 1. The van der Waals surface area contributed by atoms with Crippen LogP contribution in [0.2, 0.25) is 0 Å². The molecule has 0 rings (SSSR count). The van der Waals surface area contributed by atoms with Crippen LogP contribution in [0.4, 0.5) is 0 Å². The van der Waals surface area contributed by atoms with Crippen LogP contribution in [0.25, 0.3) is 0 Å². The molecule has 18 heteroatoms. The van der Waals surface area contributed by atoms with Gasteiger partial charge in [-0.1, -0.05) is 0 Å². The molecule has 278 valence electrons. The van der Waals surface area contributed by atoms with E-state index in [1.54, 1.807) is 47.2 Å². The lowest BCUT2D eigenvalue weighted by Gasteiger charge is -2.20. The van der Waals surface area contributed by atoms with Crippen LogP contribution in [0.3, 0.4) is 0 Å². The molecule has 0 aliphatic carbocycles. The monoisotopic (exact) mass is 693 g/mol. The quantitative estimate of drug-likeness (QED) is 0.0836. The van der Waals surface area contributed by atoms with E-state index < -0.39 is 12.6 Å². The van der Waals surface area contributed by atoms with E-state index in [4.69, 9.17) is 33.5 Å². The van der Waals surface area contributed by atoms with E-state index in [0.717, 1.165) is 0 Å². The van der Waals surface area contributed by atoms with Crippen LogP contribution in [0.15, 0.2) is 0 Å². The second-order valence-corrected chi connectivity index (χ2v) is 10.8. The zero-order valence-corrected chi connectivity index (χ0v) is 29.3. The van der Waals surface area contributed by atoms with Crippen molar-refractivity contribution in [2.75, 3.05) is 148 Å². The topological polar surface area (TPSA) is 194 Å². The zero-order valence-electron chi connectivity index (χ0n) is 29.3. The van der Waals surface area contributed by atoms with Gasteiger partial charge in [-0.3, -0.25) is 24.0 Å². The molecule has 0 atom stereocenters. The van der Waals surface area contributed by atoms with Crippen LogP contribution < -0.4 is 0 Å². The minimum Gasteiger partial charge on any atom is -0.480 e. The van der Waals surface area contributed by atoms with Crippen molar-refractivity contribution < 1.29 is 62.3 Å². The van der Waals surface area contributed by atoms with Gasteiger partial charge in [0.25, 0.3) is 0 Å². The molecule has 0 bridgehead atoms. The Bertz CT molecular complexity index is 971. The van der Waals surface area contributed by atoms with Gasteiger partial charge in [0.1, 0.15) is 33.0 Å². The third-order valence-electron chi connectivity index (χ3n) is 6.85. The Balaban J connectivity index is 3.95. The molecule has 0 saturated heterocycles. The molecule has 0 aromatic rings. The van der Waals surface area contributed by atoms with Gasteiger partial charge in [0.2, 0.25) is 29.5 Å². The maximum Gasteiger partial charge on any atom is 0.329 e. The molecule has 0 spiro atoms. The van der Waals surface area contributed by atoms with E-state index >= 15 is 0 Å². The Labute approximate surface area is 283 Å². The van der Waals surface area contributed by atoms with Crippen LogP contribution in [0, 0.1) is 0 Å². The Kier molecular flexibility index (Phi) is 25.6. The van der Waals surface area contributed by atoms with E-state index in [9.17, 15) is 28.8 Å². The van der Waals surface area contributed by atoms with E-state index in [1.807, 2.05) is 0 Å². The summed E-state index contributed by atoms with van der Waals surface area (Å²) < 4.78 is 31.3. The number of carboxylic acid groups (broad SMARTS) is 1. The first kappa shape index (κ1) is 44.6. The second-order valence-electron chi connectivity index (χ2n) is 10.8. The maximum absolute atomic E-state index is 12.3. The summed E-state index contributed by atoms with van der Waals surface area (Å²) in [6, 6.07) is 0. The van der Waals surface area contributed by atoms with Gasteiger partial charge in [-0.25, -0.2) is 4.79 Å². The van der Waals surface area contributed by atoms with Crippen molar-refractivity contribution >= 4 is 35.5 Å². The third kappa shape index (κ3) is 23.0. The molecule has 0 saturated carbocycles. The summed E-state index contributed by atoms with van der Waals surface area (Å²) in [4.78, 5) is 78.3. The minimum absolute atomic E-state index is 0.0138. The summed E-state index contributed by atoms with van der Waals surface area (Å²) in [5.41, 5.74) is 0.